The Bertz CT molecular complexity index is 1360. The van der Waals surface area contributed by atoms with Crippen LogP contribution in [0.2, 0.25) is 0 Å². The predicted octanol–water partition coefficient (Wildman–Crippen LogP) is 7.49. The molecule has 0 saturated heterocycles. The number of carbonyl (C=O) groups excluding carboxylic acids is 1. The fourth-order valence-corrected chi connectivity index (χ4v) is 7.06. The van der Waals surface area contributed by atoms with Crippen LogP contribution in [0, 0.1) is 5.92 Å². The molecule has 1 saturated carbocycles. The van der Waals surface area contributed by atoms with Gasteiger partial charge in [0, 0.05) is 29.9 Å². The Balaban J connectivity index is 1.18. The van der Waals surface area contributed by atoms with Gasteiger partial charge in [-0.05, 0) is 94.2 Å². The predicted molar refractivity (Wildman–Crippen MR) is 167 cm³/mol. The monoisotopic (exact) mass is 590 g/mol. The van der Waals surface area contributed by atoms with E-state index in [4.69, 9.17) is 23.7 Å². The molecule has 1 atom stereocenters. The van der Waals surface area contributed by atoms with E-state index in [1.807, 2.05) is 20.8 Å². The van der Waals surface area contributed by atoms with Gasteiger partial charge in [0.25, 0.3) is 0 Å². The fourth-order valence-electron chi connectivity index (χ4n) is 7.06. The maximum Gasteiger partial charge on any atom is 0.407 e. The van der Waals surface area contributed by atoms with E-state index in [1.165, 1.54) is 53.6 Å². The summed E-state index contributed by atoms with van der Waals surface area (Å²) in [5.41, 5.74) is 5.88. The molecule has 0 spiro atoms. The molecule has 1 aliphatic carbocycles. The minimum atomic E-state index is -0.476. The zero-order valence-electron chi connectivity index (χ0n) is 26.1. The molecule has 3 heterocycles. The van der Waals surface area contributed by atoms with Crippen LogP contribution in [0.3, 0.4) is 0 Å². The van der Waals surface area contributed by atoms with Crippen LogP contribution >= 0.6 is 0 Å². The van der Waals surface area contributed by atoms with Crippen LogP contribution in [0.5, 0.6) is 23.0 Å². The van der Waals surface area contributed by atoms with Gasteiger partial charge < -0.3 is 33.9 Å². The van der Waals surface area contributed by atoms with Crippen molar-refractivity contribution in [1.29, 1.82) is 0 Å². The second-order valence-electron chi connectivity index (χ2n) is 13.1. The van der Waals surface area contributed by atoms with E-state index in [0.717, 1.165) is 61.6 Å². The van der Waals surface area contributed by atoms with Crippen LogP contribution in [0.25, 0.3) is 11.8 Å². The smallest absolute Gasteiger partial charge is 0.407 e. The first kappa shape index (κ1) is 29.5. The number of alkyl carbamates (subject to hydrolysis) is 1. The van der Waals surface area contributed by atoms with Crippen molar-refractivity contribution in [3.05, 3.63) is 46.5 Å². The fraction of sp³-hybridized carbons (Fsp3) is 0.571. The van der Waals surface area contributed by atoms with E-state index >= 15 is 0 Å². The van der Waals surface area contributed by atoms with Gasteiger partial charge >= 0.3 is 6.09 Å². The van der Waals surface area contributed by atoms with Crippen LogP contribution in [0.15, 0.2) is 24.3 Å². The van der Waals surface area contributed by atoms with Crippen molar-refractivity contribution >= 4 is 17.9 Å². The van der Waals surface area contributed by atoms with E-state index in [1.54, 1.807) is 7.11 Å². The zero-order chi connectivity index (χ0) is 30.0. The molecule has 232 valence electrons. The number of methoxy groups -OCH3 is 1. The van der Waals surface area contributed by atoms with Gasteiger partial charge in [-0.2, -0.15) is 0 Å². The molecule has 1 unspecified atom stereocenters. The van der Waals surface area contributed by atoms with E-state index in [0.29, 0.717) is 19.1 Å². The first-order valence-electron chi connectivity index (χ1n) is 16.0. The topological polar surface area (TPSA) is 78.5 Å². The number of unbranched alkanes of at least 4 members (excludes halogenated alkanes) is 3. The summed E-state index contributed by atoms with van der Waals surface area (Å²) < 4.78 is 29.3. The Labute approximate surface area is 255 Å². The molecule has 6 rings (SSSR count). The van der Waals surface area contributed by atoms with Gasteiger partial charge in [0.2, 0.25) is 6.79 Å². The van der Waals surface area contributed by atoms with Crippen LogP contribution < -0.4 is 24.3 Å². The van der Waals surface area contributed by atoms with E-state index < -0.39 is 5.60 Å². The van der Waals surface area contributed by atoms with Crippen molar-refractivity contribution in [2.75, 3.05) is 33.6 Å². The summed E-state index contributed by atoms with van der Waals surface area (Å²) in [5, 5.41) is 2.85. The molecule has 1 fully saturated rings. The molecular formula is C35H46N2O6. The maximum absolute atomic E-state index is 11.9. The molecule has 0 bridgehead atoms. The second-order valence-corrected chi connectivity index (χ2v) is 13.1. The number of hydrogen-bond acceptors (Lipinski definition) is 7. The molecular weight excluding hydrogens is 544 g/mol. The molecule has 8 nitrogen and oxygen atoms in total. The summed E-state index contributed by atoms with van der Waals surface area (Å²) in [6.07, 6.45) is 11.9. The number of rotatable bonds is 10. The number of hydrogen-bond donors (Lipinski definition) is 1. The molecule has 4 aliphatic rings. The summed E-state index contributed by atoms with van der Waals surface area (Å²) in [6.45, 7) is 8.13. The molecule has 2 aromatic carbocycles. The van der Waals surface area contributed by atoms with E-state index in [-0.39, 0.29) is 18.9 Å². The Morgan fingerprint density at radius 3 is 2.58 bits per heavy atom. The van der Waals surface area contributed by atoms with Crippen LogP contribution in [0.4, 0.5) is 4.79 Å². The summed E-state index contributed by atoms with van der Waals surface area (Å²) in [7, 11) is 1.74. The number of benzene rings is 2. The van der Waals surface area contributed by atoms with Gasteiger partial charge in [-0.1, -0.05) is 31.7 Å². The highest BCUT2D eigenvalue weighted by Gasteiger charge is 2.41. The van der Waals surface area contributed by atoms with Gasteiger partial charge in [-0.15, -0.1) is 0 Å². The third-order valence-corrected chi connectivity index (χ3v) is 8.98. The van der Waals surface area contributed by atoms with E-state index in [2.05, 4.69) is 40.6 Å². The Morgan fingerprint density at radius 1 is 1.05 bits per heavy atom. The maximum atomic E-state index is 11.9. The first-order chi connectivity index (χ1) is 20.8. The van der Waals surface area contributed by atoms with Gasteiger partial charge in [-0.3, -0.25) is 0 Å². The third kappa shape index (κ3) is 6.38. The summed E-state index contributed by atoms with van der Waals surface area (Å²) >= 11 is 0. The van der Waals surface area contributed by atoms with Crippen molar-refractivity contribution < 1.29 is 28.5 Å². The van der Waals surface area contributed by atoms with Crippen LogP contribution in [-0.4, -0.2) is 50.2 Å². The first-order valence-corrected chi connectivity index (χ1v) is 16.0. The van der Waals surface area contributed by atoms with Crippen molar-refractivity contribution in [2.45, 2.75) is 90.2 Å². The molecule has 0 aromatic heterocycles. The Hall–Kier alpha value is -3.55. The SMILES string of the molecule is COc1ccc2c(c1OCCCCCCNC(=O)OC(C)(C)C)C(C1CCCC1)N1CCc3cc4c(cc3C1=C2)OCO4. The van der Waals surface area contributed by atoms with Gasteiger partial charge in [0.15, 0.2) is 23.0 Å². The Morgan fingerprint density at radius 2 is 1.81 bits per heavy atom. The normalized spacial score (nSPS) is 18.8. The van der Waals surface area contributed by atoms with Crippen molar-refractivity contribution in [3.63, 3.8) is 0 Å². The van der Waals surface area contributed by atoms with E-state index in [9.17, 15) is 4.79 Å². The molecule has 1 amide bonds. The van der Waals surface area contributed by atoms with Crippen LogP contribution in [-0.2, 0) is 11.2 Å². The second kappa shape index (κ2) is 12.6. The summed E-state index contributed by atoms with van der Waals surface area (Å²) in [4.78, 5) is 14.5. The lowest BCUT2D eigenvalue weighted by Crippen LogP contribution is -2.38. The highest BCUT2D eigenvalue weighted by atomic mass is 16.7. The number of carbonyl (C=O) groups is 1. The van der Waals surface area contributed by atoms with Crippen molar-refractivity contribution in [2.24, 2.45) is 5.92 Å². The third-order valence-electron chi connectivity index (χ3n) is 8.98. The molecule has 1 N–H and O–H groups in total. The number of amides is 1. The standard InChI is InChI=1S/C35H46N2O6/c1-35(2,3)43-34(38)36-16-9-5-6-10-18-40-33-28(39-4)14-13-25-19-27-26-21-30-29(41-22-42-30)20-24(26)15-17-37(27)32(31(25)33)23-11-7-8-12-23/h13-14,19-21,23,32H,5-12,15-18,22H2,1-4H3,(H,36,38). The van der Waals surface area contributed by atoms with Crippen molar-refractivity contribution in [3.8, 4) is 23.0 Å². The number of nitrogens with zero attached hydrogens (tertiary/aromatic N) is 1. The van der Waals surface area contributed by atoms with Crippen LogP contribution in [0.1, 0.15) is 100 Å². The number of ether oxygens (including phenoxy) is 5. The molecule has 0 radical (unpaired) electrons. The average Bonchev–Trinajstić information content (AvgIpc) is 3.67. The highest BCUT2D eigenvalue weighted by Crippen LogP contribution is 2.54. The van der Waals surface area contributed by atoms with Gasteiger partial charge in [-0.25, -0.2) is 4.79 Å². The van der Waals surface area contributed by atoms with Gasteiger partial charge in [0.05, 0.1) is 19.8 Å². The molecule has 43 heavy (non-hydrogen) atoms. The lowest BCUT2D eigenvalue weighted by atomic mass is 9.80. The zero-order valence-corrected chi connectivity index (χ0v) is 26.1. The number of fused-ring (bicyclic) bond motifs is 5. The summed E-state index contributed by atoms with van der Waals surface area (Å²) in [6, 6.07) is 8.85. The lowest BCUT2D eigenvalue weighted by molar-refractivity contribution is 0.0527. The largest absolute Gasteiger partial charge is 0.493 e. The summed E-state index contributed by atoms with van der Waals surface area (Å²) in [5.74, 6) is 3.97. The number of nitrogens with one attached hydrogen (secondary N) is 1. The van der Waals surface area contributed by atoms with Gasteiger partial charge in [0.1, 0.15) is 5.60 Å². The average molecular weight is 591 g/mol. The van der Waals surface area contributed by atoms with Crippen molar-refractivity contribution in [1.82, 2.24) is 10.2 Å². The minimum Gasteiger partial charge on any atom is -0.493 e. The quantitative estimate of drug-likeness (QED) is 0.287. The minimum absolute atomic E-state index is 0.250. The molecule has 2 aromatic rings. The lowest BCUT2D eigenvalue weighted by Gasteiger charge is -2.46. The molecule has 3 aliphatic heterocycles. The Kier molecular flexibility index (Phi) is 8.64. The molecule has 8 heteroatoms. The highest BCUT2D eigenvalue weighted by molar-refractivity contribution is 5.88.